The van der Waals surface area contributed by atoms with Crippen molar-refractivity contribution < 1.29 is 9.90 Å². The molecule has 0 saturated heterocycles. The predicted molar refractivity (Wildman–Crippen MR) is 71.6 cm³/mol. The zero-order chi connectivity index (χ0) is 13.4. The molecule has 0 radical (unpaired) electrons. The maximum absolute atomic E-state index is 10.5. The maximum atomic E-state index is 10.5. The van der Waals surface area contributed by atoms with E-state index in [9.17, 15) is 4.79 Å². The summed E-state index contributed by atoms with van der Waals surface area (Å²) in [5, 5.41) is 8.65. The Balaban J connectivity index is 0.000000771. The highest BCUT2D eigenvalue weighted by Crippen LogP contribution is 2.19. The molecule has 18 heavy (non-hydrogen) atoms. The molecule has 0 atom stereocenters. The molecule has 0 amide bonds. The molecule has 2 aromatic rings. The van der Waals surface area contributed by atoms with Crippen LogP contribution < -0.4 is 11.7 Å². The number of rotatable bonds is 3. The SMILES string of the molecule is NN.O=C(O)Cc1ccc(-c2ccccc2)cc1. The van der Waals surface area contributed by atoms with Crippen LogP contribution in [0, 0.1) is 0 Å². The standard InChI is InChI=1S/C14H12O2.H4N2/c15-14(16)10-11-6-8-13(9-7-11)12-4-2-1-3-5-12;1-2/h1-9H,10H2,(H,15,16);1-2H2. The van der Waals surface area contributed by atoms with Crippen molar-refractivity contribution in [2.75, 3.05) is 0 Å². The Kier molecular flexibility index (Phi) is 5.57. The number of carboxylic acid groups (broad SMARTS) is 1. The number of benzene rings is 2. The summed E-state index contributed by atoms with van der Waals surface area (Å²) in [6, 6.07) is 17.6. The fourth-order valence-electron chi connectivity index (χ4n) is 1.62. The molecule has 2 rings (SSSR count). The van der Waals surface area contributed by atoms with E-state index in [0.717, 1.165) is 16.7 Å². The Bertz CT molecular complexity index is 481. The second-order valence-corrected chi connectivity index (χ2v) is 3.63. The highest BCUT2D eigenvalue weighted by atomic mass is 16.4. The molecular weight excluding hydrogens is 228 g/mol. The van der Waals surface area contributed by atoms with Gasteiger partial charge in [-0.3, -0.25) is 16.5 Å². The first-order valence-electron chi connectivity index (χ1n) is 5.45. The van der Waals surface area contributed by atoms with E-state index in [1.807, 2.05) is 54.6 Å². The van der Waals surface area contributed by atoms with E-state index >= 15 is 0 Å². The summed E-state index contributed by atoms with van der Waals surface area (Å²) in [6.07, 6.45) is 0.0784. The smallest absolute Gasteiger partial charge is 0.307 e. The molecule has 0 bridgehead atoms. The summed E-state index contributed by atoms with van der Waals surface area (Å²) >= 11 is 0. The summed E-state index contributed by atoms with van der Waals surface area (Å²) in [4.78, 5) is 10.5. The van der Waals surface area contributed by atoms with Crippen LogP contribution in [0.25, 0.3) is 11.1 Å². The number of aliphatic carboxylic acids is 1. The Morgan fingerprint density at radius 2 is 1.39 bits per heavy atom. The number of hydrogen-bond acceptors (Lipinski definition) is 3. The van der Waals surface area contributed by atoms with Crippen LogP contribution in [0.3, 0.4) is 0 Å². The molecule has 0 fully saturated rings. The average molecular weight is 244 g/mol. The van der Waals surface area contributed by atoms with Gasteiger partial charge in [-0.1, -0.05) is 54.6 Å². The molecular formula is C14H16N2O2. The third-order valence-electron chi connectivity index (χ3n) is 2.42. The van der Waals surface area contributed by atoms with Crippen molar-refractivity contribution in [3.05, 3.63) is 60.2 Å². The normalized spacial score (nSPS) is 9.22. The quantitative estimate of drug-likeness (QED) is 0.567. The lowest BCUT2D eigenvalue weighted by Crippen LogP contribution is -2.02. The van der Waals surface area contributed by atoms with E-state index in [2.05, 4.69) is 11.7 Å². The van der Waals surface area contributed by atoms with Crippen LogP contribution in [0.5, 0.6) is 0 Å². The third-order valence-corrected chi connectivity index (χ3v) is 2.42. The van der Waals surface area contributed by atoms with E-state index in [1.54, 1.807) is 0 Å². The van der Waals surface area contributed by atoms with Crippen LogP contribution in [-0.2, 0) is 11.2 Å². The van der Waals surface area contributed by atoms with Crippen LogP contribution in [0.15, 0.2) is 54.6 Å². The van der Waals surface area contributed by atoms with Crippen LogP contribution >= 0.6 is 0 Å². The van der Waals surface area contributed by atoms with Gasteiger partial charge < -0.3 is 5.11 Å². The molecule has 0 saturated carbocycles. The summed E-state index contributed by atoms with van der Waals surface area (Å²) in [5.74, 6) is 7.20. The summed E-state index contributed by atoms with van der Waals surface area (Å²) in [6.45, 7) is 0. The lowest BCUT2D eigenvalue weighted by molar-refractivity contribution is -0.136. The highest BCUT2D eigenvalue weighted by Gasteiger charge is 2.01. The fourth-order valence-corrected chi connectivity index (χ4v) is 1.62. The lowest BCUT2D eigenvalue weighted by atomic mass is 10.0. The first kappa shape index (κ1) is 13.9. The largest absolute Gasteiger partial charge is 0.481 e. The van der Waals surface area contributed by atoms with Crippen LogP contribution in [0.2, 0.25) is 0 Å². The third kappa shape index (κ3) is 4.01. The molecule has 2 aromatic carbocycles. The lowest BCUT2D eigenvalue weighted by Gasteiger charge is -2.02. The zero-order valence-electron chi connectivity index (χ0n) is 9.91. The minimum atomic E-state index is -0.799. The van der Waals surface area contributed by atoms with Gasteiger partial charge in [-0.05, 0) is 16.7 Å². The molecule has 5 N–H and O–H groups in total. The Morgan fingerprint density at radius 1 is 0.889 bits per heavy atom. The van der Waals surface area contributed by atoms with E-state index in [1.165, 1.54) is 0 Å². The topological polar surface area (TPSA) is 89.3 Å². The van der Waals surface area contributed by atoms with E-state index in [-0.39, 0.29) is 6.42 Å². The van der Waals surface area contributed by atoms with Crippen LogP contribution in [-0.4, -0.2) is 11.1 Å². The van der Waals surface area contributed by atoms with Crippen molar-refractivity contribution in [3.8, 4) is 11.1 Å². The van der Waals surface area contributed by atoms with Gasteiger partial charge in [0.1, 0.15) is 0 Å². The number of nitrogens with two attached hydrogens (primary N) is 2. The molecule has 0 aliphatic rings. The van der Waals surface area contributed by atoms with Crippen molar-refractivity contribution in [1.29, 1.82) is 0 Å². The van der Waals surface area contributed by atoms with Gasteiger partial charge in [0.2, 0.25) is 0 Å². The Morgan fingerprint density at radius 3 is 1.89 bits per heavy atom. The highest BCUT2D eigenvalue weighted by molar-refractivity contribution is 5.71. The number of carboxylic acids is 1. The van der Waals surface area contributed by atoms with Crippen molar-refractivity contribution in [1.82, 2.24) is 0 Å². The minimum absolute atomic E-state index is 0.0784. The number of hydrogen-bond donors (Lipinski definition) is 3. The van der Waals surface area contributed by atoms with Crippen LogP contribution in [0.4, 0.5) is 0 Å². The van der Waals surface area contributed by atoms with Crippen molar-refractivity contribution >= 4 is 5.97 Å². The zero-order valence-corrected chi connectivity index (χ0v) is 9.91. The van der Waals surface area contributed by atoms with E-state index < -0.39 is 5.97 Å². The van der Waals surface area contributed by atoms with Gasteiger partial charge in [-0.15, -0.1) is 0 Å². The van der Waals surface area contributed by atoms with Crippen molar-refractivity contribution in [3.63, 3.8) is 0 Å². The maximum Gasteiger partial charge on any atom is 0.307 e. The van der Waals surface area contributed by atoms with Gasteiger partial charge in [-0.2, -0.15) is 0 Å². The van der Waals surface area contributed by atoms with Crippen molar-refractivity contribution in [2.45, 2.75) is 6.42 Å². The van der Waals surface area contributed by atoms with Gasteiger partial charge in [0.15, 0.2) is 0 Å². The second-order valence-electron chi connectivity index (χ2n) is 3.63. The van der Waals surface area contributed by atoms with E-state index in [0.29, 0.717) is 0 Å². The van der Waals surface area contributed by atoms with Gasteiger partial charge in [0.05, 0.1) is 6.42 Å². The summed E-state index contributed by atoms with van der Waals surface area (Å²) in [5.41, 5.74) is 3.08. The monoisotopic (exact) mass is 244 g/mol. The van der Waals surface area contributed by atoms with Gasteiger partial charge >= 0.3 is 5.97 Å². The molecule has 0 aliphatic heterocycles. The Labute approximate surface area is 106 Å². The molecule has 94 valence electrons. The van der Waals surface area contributed by atoms with Gasteiger partial charge in [0.25, 0.3) is 0 Å². The first-order chi connectivity index (χ1) is 8.75. The van der Waals surface area contributed by atoms with Crippen molar-refractivity contribution in [2.24, 2.45) is 11.7 Å². The molecule has 0 unspecified atom stereocenters. The molecule has 0 spiro atoms. The molecule has 4 nitrogen and oxygen atoms in total. The van der Waals surface area contributed by atoms with Gasteiger partial charge in [-0.25, -0.2) is 0 Å². The predicted octanol–water partition coefficient (Wildman–Crippen LogP) is 1.80. The number of hydrazine groups is 1. The fraction of sp³-hybridized carbons (Fsp3) is 0.0714. The summed E-state index contributed by atoms with van der Waals surface area (Å²) < 4.78 is 0. The second kappa shape index (κ2) is 7.21. The first-order valence-corrected chi connectivity index (χ1v) is 5.45. The Hall–Kier alpha value is -2.17. The molecule has 0 heterocycles. The molecule has 0 aromatic heterocycles. The minimum Gasteiger partial charge on any atom is -0.481 e. The molecule has 4 heteroatoms. The van der Waals surface area contributed by atoms with Crippen LogP contribution in [0.1, 0.15) is 5.56 Å². The van der Waals surface area contributed by atoms with Gasteiger partial charge in [0, 0.05) is 0 Å². The molecule has 0 aliphatic carbocycles. The average Bonchev–Trinajstić information content (AvgIpc) is 2.42. The number of carbonyl (C=O) groups is 1. The van der Waals surface area contributed by atoms with E-state index in [4.69, 9.17) is 5.11 Å². The summed E-state index contributed by atoms with van der Waals surface area (Å²) in [7, 11) is 0.